The van der Waals surface area contributed by atoms with Crippen molar-refractivity contribution < 1.29 is 9.59 Å². The van der Waals surface area contributed by atoms with Crippen molar-refractivity contribution in [3.8, 4) is 0 Å². The van der Waals surface area contributed by atoms with Gasteiger partial charge >= 0.3 is 0 Å². The highest BCUT2D eigenvalue weighted by Gasteiger charge is 2.14. The third-order valence-electron chi connectivity index (χ3n) is 4.02. The van der Waals surface area contributed by atoms with E-state index in [-0.39, 0.29) is 11.8 Å². The van der Waals surface area contributed by atoms with Crippen LogP contribution in [0.3, 0.4) is 0 Å². The minimum Gasteiger partial charge on any atom is -0.352 e. The molecule has 0 radical (unpaired) electrons. The number of nitrogens with one attached hydrogen (secondary N) is 3. The average Bonchev–Trinajstić information content (AvgIpc) is 3.07. The van der Waals surface area contributed by atoms with Gasteiger partial charge in [-0.05, 0) is 47.9 Å². The Labute approximate surface area is 141 Å². The van der Waals surface area contributed by atoms with E-state index >= 15 is 0 Å². The molecule has 1 aliphatic rings. The van der Waals surface area contributed by atoms with Gasteiger partial charge in [-0.1, -0.05) is 19.1 Å². The number of amides is 2. The fourth-order valence-corrected chi connectivity index (χ4v) is 2.72. The van der Waals surface area contributed by atoms with Crippen molar-refractivity contribution in [1.29, 1.82) is 0 Å². The average molecular weight is 323 g/mol. The summed E-state index contributed by atoms with van der Waals surface area (Å²) in [5, 5.41) is 8.96. The molecule has 0 spiro atoms. The Morgan fingerprint density at radius 1 is 1.00 bits per heavy atom. The van der Waals surface area contributed by atoms with Gasteiger partial charge in [-0.3, -0.25) is 9.59 Å². The summed E-state index contributed by atoms with van der Waals surface area (Å²) in [4.78, 5) is 24.4. The van der Waals surface area contributed by atoms with E-state index in [2.05, 4.69) is 16.0 Å². The van der Waals surface area contributed by atoms with E-state index in [0.717, 1.165) is 25.1 Å². The maximum Gasteiger partial charge on any atom is 0.255 e. The quantitative estimate of drug-likeness (QED) is 0.792. The molecule has 1 aliphatic heterocycles. The molecule has 3 rings (SSSR count). The molecule has 1 heterocycles. The lowest BCUT2D eigenvalue weighted by Crippen LogP contribution is -2.24. The summed E-state index contributed by atoms with van der Waals surface area (Å²) >= 11 is 0. The summed E-state index contributed by atoms with van der Waals surface area (Å²) in [6.07, 6.45) is 0.884. The first kappa shape index (κ1) is 16.2. The standard InChI is InChI=1S/C19H21N3O2/c1-2-8-21-18(23)13-4-3-5-17(10-13)22-19(24)14-6-7-15-11-20-12-16(15)9-14/h3-7,9-10,20H,2,8,11-12H2,1H3,(H,21,23)(H,22,24). The summed E-state index contributed by atoms with van der Waals surface area (Å²) in [5.74, 6) is -0.299. The van der Waals surface area contributed by atoms with Gasteiger partial charge in [0, 0.05) is 36.4 Å². The highest BCUT2D eigenvalue weighted by atomic mass is 16.2. The van der Waals surface area contributed by atoms with Crippen molar-refractivity contribution in [1.82, 2.24) is 10.6 Å². The number of benzene rings is 2. The molecule has 24 heavy (non-hydrogen) atoms. The third-order valence-corrected chi connectivity index (χ3v) is 4.02. The lowest BCUT2D eigenvalue weighted by atomic mass is 10.1. The van der Waals surface area contributed by atoms with Crippen LogP contribution in [0.4, 0.5) is 5.69 Å². The van der Waals surface area contributed by atoms with E-state index < -0.39 is 0 Å². The highest BCUT2D eigenvalue weighted by molar-refractivity contribution is 6.05. The molecular weight excluding hydrogens is 302 g/mol. The molecule has 0 aliphatic carbocycles. The van der Waals surface area contributed by atoms with Crippen LogP contribution in [0.2, 0.25) is 0 Å². The Hall–Kier alpha value is -2.66. The monoisotopic (exact) mass is 323 g/mol. The van der Waals surface area contributed by atoms with E-state index in [9.17, 15) is 9.59 Å². The van der Waals surface area contributed by atoms with E-state index in [1.807, 2.05) is 25.1 Å². The molecule has 0 aromatic heterocycles. The van der Waals surface area contributed by atoms with E-state index in [0.29, 0.717) is 23.4 Å². The maximum absolute atomic E-state index is 12.4. The SMILES string of the molecule is CCCNC(=O)c1cccc(NC(=O)c2ccc3c(c2)CNC3)c1. The number of carbonyl (C=O) groups excluding carboxylic acids is 2. The predicted octanol–water partition coefficient (Wildman–Crippen LogP) is 2.68. The number of hydrogen-bond acceptors (Lipinski definition) is 3. The molecule has 2 aromatic rings. The van der Waals surface area contributed by atoms with Crippen molar-refractivity contribution in [2.45, 2.75) is 26.4 Å². The summed E-state index contributed by atoms with van der Waals surface area (Å²) < 4.78 is 0. The minimum atomic E-state index is -0.171. The van der Waals surface area contributed by atoms with Crippen molar-refractivity contribution in [3.63, 3.8) is 0 Å². The minimum absolute atomic E-state index is 0.128. The largest absolute Gasteiger partial charge is 0.352 e. The zero-order valence-corrected chi connectivity index (χ0v) is 13.7. The lowest BCUT2D eigenvalue weighted by molar-refractivity contribution is 0.0952. The van der Waals surface area contributed by atoms with Crippen molar-refractivity contribution in [2.24, 2.45) is 0 Å². The number of hydrogen-bond donors (Lipinski definition) is 3. The summed E-state index contributed by atoms with van der Waals surface area (Å²) in [6.45, 7) is 4.29. The first-order valence-electron chi connectivity index (χ1n) is 8.19. The Balaban J connectivity index is 1.71. The van der Waals surface area contributed by atoms with Gasteiger partial charge in [0.05, 0.1) is 0 Å². The van der Waals surface area contributed by atoms with E-state index in [1.165, 1.54) is 5.56 Å². The molecule has 3 N–H and O–H groups in total. The van der Waals surface area contributed by atoms with Crippen molar-refractivity contribution in [2.75, 3.05) is 11.9 Å². The van der Waals surface area contributed by atoms with E-state index in [4.69, 9.17) is 0 Å². The predicted molar refractivity (Wildman–Crippen MR) is 94.0 cm³/mol. The maximum atomic E-state index is 12.4. The fourth-order valence-electron chi connectivity index (χ4n) is 2.72. The molecule has 5 heteroatoms. The van der Waals surface area contributed by atoms with Crippen molar-refractivity contribution >= 4 is 17.5 Å². The van der Waals surface area contributed by atoms with Crippen LogP contribution in [-0.2, 0) is 13.1 Å². The number of fused-ring (bicyclic) bond motifs is 1. The second-order valence-electron chi connectivity index (χ2n) is 5.88. The molecule has 0 bridgehead atoms. The Bertz CT molecular complexity index is 771. The summed E-state index contributed by atoms with van der Waals surface area (Å²) in [5.41, 5.74) is 4.18. The van der Waals surface area contributed by atoms with Crippen LogP contribution in [0.1, 0.15) is 45.2 Å². The first-order valence-corrected chi connectivity index (χ1v) is 8.19. The number of carbonyl (C=O) groups is 2. The Morgan fingerprint density at radius 2 is 1.79 bits per heavy atom. The van der Waals surface area contributed by atoms with Crippen LogP contribution in [0, 0.1) is 0 Å². The molecule has 0 fully saturated rings. The normalized spacial score (nSPS) is 12.5. The molecule has 124 valence electrons. The van der Waals surface area contributed by atoms with Gasteiger partial charge < -0.3 is 16.0 Å². The molecule has 2 amide bonds. The number of anilines is 1. The highest BCUT2D eigenvalue weighted by Crippen LogP contribution is 2.18. The van der Waals surface area contributed by atoms with Crippen LogP contribution < -0.4 is 16.0 Å². The second kappa shape index (κ2) is 7.27. The van der Waals surface area contributed by atoms with E-state index in [1.54, 1.807) is 24.3 Å². The fraction of sp³-hybridized carbons (Fsp3) is 0.263. The topological polar surface area (TPSA) is 70.2 Å². The lowest BCUT2D eigenvalue weighted by Gasteiger charge is -2.09. The molecule has 2 aromatic carbocycles. The molecule has 0 saturated heterocycles. The van der Waals surface area contributed by atoms with Crippen LogP contribution >= 0.6 is 0 Å². The van der Waals surface area contributed by atoms with Crippen LogP contribution in [0.25, 0.3) is 0 Å². The molecule has 0 saturated carbocycles. The molecule has 0 atom stereocenters. The van der Waals surface area contributed by atoms with Gasteiger partial charge in [0.25, 0.3) is 11.8 Å². The summed E-state index contributed by atoms with van der Waals surface area (Å²) in [7, 11) is 0. The third kappa shape index (κ3) is 3.63. The van der Waals surface area contributed by atoms with Crippen LogP contribution in [0.5, 0.6) is 0 Å². The van der Waals surface area contributed by atoms with Gasteiger partial charge in [0.1, 0.15) is 0 Å². The Kier molecular flexibility index (Phi) is 4.91. The zero-order valence-electron chi connectivity index (χ0n) is 13.7. The van der Waals surface area contributed by atoms with Gasteiger partial charge in [0.15, 0.2) is 0 Å². The summed E-state index contributed by atoms with van der Waals surface area (Å²) in [6, 6.07) is 12.7. The van der Waals surface area contributed by atoms with Crippen LogP contribution in [-0.4, -0.2) is 18.4 Å². The molecule has 5 nitrogen and oxygen atoms in total. The number of rotatable bonds is 5. The smallest absolute Gasteiger partial charge is 0.255 e. The zero-order chi connectivity index (χ0) is 16.9. The molecule has 0 unspecified atom stereocenters. The second-order valence-corrected chi connectivity index (χ2v) is 5.88. The van der Waals surface area contributed by atoms with Gasteiger partial charge in [0.2, 0.25) is 0 Å². The van der Waals surface area contributed by atoms with Gasteiger partial charge in [-0.15, -0.1) is 0 Å². The molecular formula is C19H21N3O2. The van der Waals surface area contributed by atoms with Crippen molar-refractivity contribution in [3.05, 3.63) is 64.7 Å². The first-order chi connectivity index (χ1) is 11.7. The van der Waals surface area contributed by atoms with Gasteiger partial charge in [-0.2, -0.15) is 0 Å². The van der Waals surface area contributed by atoms with Crippen LogP contribution in [0.15, 0.2) is 42.5 Å². The van der Waals surface area contributed by atoms with Gasteiger partial charge in [-0.25, -0.2) is 0 Å². The Morgan fingerprint density at radius 3 is 2.62 bits per heavy atom.